The van der Waals surface area contributed by atoms with Crippen LogP contribution in [0.1, 0.15) is 22.3 Å². The Morgan fingerprint density at radius 2 is 1.00 bits per heavy atom. The van der Waals surface area contributed by atoms with Crippen molar-refractivity contribution in [2.45, 2.75) is 0 Å². The van der Waals surface area contributed by atoms with Crippen LogP contribution in [0.4, 0.5) is 0 Å². The maximum atomic E-state index is 11.9. The van der Waals surface area contributed by atoms with Gasteiger partial charge >= 0.3 is 259 Å². The fourth-order valence-corrected chi connectivity index (χ4v) is 12.2. The van der Waals surface area contributed by atoms with Crippen LogP contribution in [-0.4, -0.2) is 33.2 Å². The maximum absolute atomic E-state index is 11.9. The summed E-state index contributed by atoms with van der Waals surface area (Å²) in [5.74, 6) is 0. The zero-order valence-electron chi connectivity index (χ0n) is 22.3. The second kappa shape index (κ2) is 12.9. The first-order valence-corrected chi connectivity index (χ1v) is 18.5. The number of benzene rings is 4. The molecule has 1 unspecified atom stereocenters. The van der Waals surface area contributed by atoms with Crippen LogP contribution >= 0.6 is 0 Å². The first-order chi connectivity index (χ1) is 20.4. The van der Waals surface area contributed by atoms with Crippen LogP contribution in [-0.2, 0) is 3.37 Å². The second-order valence-electron chi connectivity index (χ2n) is 9.45. The van der Waals surface area contributed by atoms with Crippen molar-refractivity contribution in [1.29, 1.82) is 0 Å². The Morgan fingerprint density at radius 3 is 1.48 bits per heavy atom. The summed E-state index contributed by atoms with van der Waals surface area (Å²) in [6.07, 6.45) is 10.5. The van der Waals surface area contributed by atoms with Crippen molar-refractivity contribution >= 4 is 46.6 Å². The van der Waals surface area contributed by atoms with Gasteiger partial charge < -0.3 is 0 Å². The molecule has 1 atom stereocenters. The van der Waals surface area contributed by atoms with Gasteiger partial charge in [-0.15, -0.1) is 0 Å². The zero-order valence-corrected chi connectivity index (χ0v) is 26.4. The average molecular weight is 703 g/mol. The Balaban J connectivity index is 1.54. The third-order valence-corrected chi connectivity index (χ3v) is 14.1. The molecule has 0 saturated heterocycles. The van der Waals surface area contributed by atoms with E-state index >= 15 is 0 Å². The van der Waals surface area contributed by atoms with E-state index in [-0.39, 0.29) is 15.0 Å². The molecule has 0 aliphatic carbocycles. The number of halogens is 1. The summed E-state index contributed by atoms with van der Waals surface area (Å²) in [7, 11) is -4.63. The van der Waals surface area contributed by atoms with Crippen LogP contribution in [0.3, 0.4) is 0 Å². The van der Waals surface area contributed by atoms with E-state index in [0.29, 0.717) is 0 Å². The van der Waals surface area contributed by atoms with Crippen molar-refractivity contribution in [2.24, 2.45) is 0 Å². The predicted octanol–water partition coefficient (Wildman–Crippen LogP) is 3.98. The van der Waals surface area contributed by atoms with Crippen molar-refractivity contribution in [1.82, 2.24) is 0 Å². The summed E-state index contributed by atoms with van der Waals surface area (Å²) in [4.78, 5) is 0. The number of allylic oxidation sites excluding steroid dienone is 7. The van der Waals surface area contributed by atoms with E-state index in [2.05, 4.69) is 66.8 Å². The van der Waals surface area contributed by atoms with Gasteiger partial charge in [-0.1, -0.05) is 0 Å². The SMILES string of the molecule is [O-][Cl+3]([O-])([O-])O[Se]1=C(c2ccccc2)C=C(C=C2C=C(c3ccccc3)[Se]C(c3ccccc3)=C2)C=C1c1ccccc1. The first-order valence-electron chi connectivity index (χ1n) is 13.1. The Hall–Kier alpha value is -3.38. The number of hydrogen-bond donors (Lipinski definition) is 0. The summed E-state index contributed by atoms with van der Waals surface area (Å²) in [5.41, 5.74) is 5.97. The Morgan fingerprint density at radius 1 is 0.548 bits per heavy atom. The minimum absolute atomic E-state index is 0.111. The minimum atomic E-state index is -4.63. The molecule has 2 heterocycles. The molecule has 42 heavy (non-hydrogen) atoms. The molecule has 7 heteroatoms. The molecule has 4 aromatic rings. The zero-order chi connectivity index (χ0) is 28.9. The van der Waals surface area contributed by atoms with Crippen LogP contribution in [0.25, 0.3) is 13.4 Å². The van der Waals surface area contributed by atoms with Crippen molar-refractivity contribution in [3.8, 4) is 0 Å². The van der Waals surface area contributed by atoms with E-state index in [1.54, 1.807) is 0 Å². The molecular formula is C35H25ClO4Se2. The predicted molar refractivity (Wildman–Crippen MR) is 163 cm³/mol. The second-order valence-corrected chi connectivity index (χ2v) is 16.4. The van der Waals surface area contributed by atoms with Gasteiger partial charge in [0.15, 0.2) is 0 Å². The Bertz CT molecular complexity index is 1710. The summed E-state index contributed by atoms with van der Waals surface area (Å²) in [6, 6.07) is 39.9. The molecule has 0 bridgehead atoms. The van der Waals surface area contributed by atoms with Gasteiger partial charge in [-0.25, -0.2) is 0 Å². The molecular weight excluding hydrogens is 678 g/mol. The van der Waals surface area contributed by atoms with Gasteiger partial charge in [-0.05, 0) is 0 Å². The quantitative estimate of drug-likeness (QED) is 0.273. The van der Waals surface area contributed by atoms with Crippen LogP contribution in [0.15, 0.2) is 163 Å². The fourth-order valence-electron chi connectivity index (χ4n) is 4.67. The monoisotopic (exact) mass is 704 g/mol. The van der Waals surface area contributed by atoms with Gasteiger partial charge in [0.05, 0.1) is 0 Å². The van der Waals surface area contributed by atoms with Gasteiger partial charge in [0.1, 0.15) is 0 Å². The van der Waals surface area contributed by atoms with Crippen molar-refractivity contribution in [2.75, 3.05) is 0 Å². The molecule has 208 valence electrons. The van der Waals surface area contributed by atoms with E-state index in [0.717, 1.165) is 31.2 Å². The third kappa shape index (κ3) is 6.97. The van der Waals surface area contributed by atoms with Gasteiger partial charge in [-0.3, -0.25) is 0 Å². The van der Waals surface area contributed by atoms with E-state index in [1.165, 1.54) is 20.1 Å². The van der Waals surface area contributed by atoms with Crippen LogP contribution in [0, 0.1) is 10.2 Å². The van der Waals surface area contributed by atoms with E-state index in [9.17, 15) is 14.0 Å². The van der Waals surface area contributed by atoms with Crippen LogP contribution in [0.5, 0.6) is 0 Å². The summed E-state index contributed by atoms with van der Waals surface area (Å²) in [5, 5.41) is 0. The molecule has 2 aliphatic heterocycles. The molecule has 0 N–H and O–H groups in total. The Kier molecular flexibility index (Phi) is 8.80. The van der Waals surface area contributed by atoms with Crippen LogP contribution in [0.2, 0.25) is 0 Å². The number of hydrogen-bond acceptors (Lipinski definition) is 4. The van der Waals surface area contributed by atoms with Crippen molar-refractivity contribution < 1.29 is 27.6 Å². The molecule has 0 spiro atoms. The summed E-state index contributed by atoms with van der Waals surface area (Å²) in [6.45, 7) is 0. The first kappa shape index (κ1) is 28.7. The molecule has 0 radical (unpaired) electrons. The molecule has 0 saturated carbocycles. The topological polar surface area (TPSA) is 78.4 Å². The molecule has 4 nitrogen and oxygen atoms in total. The third-order valence-electron chi connectivity index (χ3n) is 6.52. The molecule has 2 aliphatic rings. The summed E-state index contributed by atoms with van der Waals surface area (Å²) < 4.78 is 45.1. The van der Waals surface area contributed by atoms with Crippen molar-refractivity contribution in [3.63, 3.8) is 0 Å². The van der Waals surface area contributed by atoms with Gasteiger partial charge in [0.2, 0.25) is 0 Å². The van der Waals surface area contributed by atoms with Gasteiger partial charge in [0.25, 0.3) is 0 Å². The molecule has 0 aromatic heterocycles. The number of rotatable bonds is 7. The normalized spacial score (nSPS) is 17.2. The van der Waals surface area contributed by atoms with E-state index in [4.69, 9.17) is 3.37 Å². The van der Waals surface area contributed by atoms with E-state index < -0.39 is 24.0 Å². The van der Waals surface area contributed by atoms with Gasteiger partial charge in [-0.2, -0.15) is 0 Å². The van der Waals surface area contributed by atoms with E-state index in [1.807, 2.05) is 84.9 Å². The molecule has 0 amide bonds. The van der Waals surface area contributed by atoms with Crippen molar-refractivity contribution in [3.05, 3.63) is 185 Å². The van der Waals surface area contributed by atoms with Crippen LogP contribution < -0.4 is 14.0 Å². The standard InChI is InChI=1S/C35H25ClO4Se2/c37-36(38,39)40-42-34(30-17-9-3-10-18-30)24-27(25-35(42)31-19-11-4-12-20-31)21-26-22-32(28-13-5-1-6-14-28)41-33(23-26)29-15-7-2-8-16-29/h1-25H. The Labute approximate surface area is 258 Å². The molecule has 6 rings (SSSR count). The fraction of sp³-hybridized carbons (Fsp3) is 0. The average Bonchev–Trinajstić information content (AvgIpc) is 3.02. The summed E-state index contributed by atoms with van der Waals surface area (Å²) >= 11 is -2.63. The van der Waals surface area contributed by atoms with Gasteiger partial charge in [0, 0.05) is 0 Å². The molecule has 4 aromatic carbocycles. The molecule has 0 fully saturated rings.